The summed E-state index contributed by atoms with van der Waals surface area (Å²) in [7, 11) is 0. The molecular weight excluding hydrogens is 178 g/mol. The van der Waals surface area contributed by atoms with E-state index in [0.717, 1.165) is 24.5 Å². The molecule has 3 rings (SSSR count). The molecule has 2 aliphatic rings. The Bertz CT molecular complexity index is 379. The zero-order valence-electron chi connectivity index (χ0n) is 7.99. The van der Waals surface area contributed by atoms with Crippen LogP contribution in [-0.2, 0) is 11.3 Å². The summed E-state index contributed by atoms with van der Waals surface area (Å²) in [6.45, 7) is 0.862. The molecule has 4 nitrogen and oxygen atoms in total. The number of aromatic nitrogens is 2. The largest absolute Gasteiger partial charge is 0.311 e. The smallest absolute Gasteiger partial charge is 0.225 e. The lowest BCUT2D eigenvalue weighted by Crippen LogP contribution is -2.09. The number of anilines is 1. The van der Waals surface area contributed by atoms with Gasteiger partial charge in [0.25, 0.3) is 0 Å². The average Bonchev–Trinajstić information content (AvgIpc) is 2.93. The SMILES string of the molecule is O=C1CCCn2nc(C3CC3)cc2N1. The van der Waals surface area contributed by atoms with Gasteiger partial charge in [0.05, 0.1) is 5.69 Å². The van der Waals surface area contributed by atoms with E-state index in [4.69, 9.17) is 0 Å². The molecule has 1 aliphatic heterocycles. The zero-order valence-corrected chi connectivity index (χ0v) is 7.99. The zero-order chi connectivity index (χ0) is 9.54. The molecule has 0 atom stereocenters. The maximum absolute atomic E-state index is 11.3. The predicted molar refractivity (Wildman–Crippen MR) is 52.1 cm³/mol. The Kier molecular flexibility index (Phi) is 1.63. The summed E-state index contributed by atoms with van der Waals surface area (Å²) < 4.78 is 1.93. The Morgan fingerprint density at radius 2 is 2.36 bits per heavy atom. The highest BCUT2D eigenvalue weighted by atomic mass is 16.1. The topological polar surface area (TPSA) is 46.9 Å². The number of nitrogens with zero attached hydrogens (tertiary/aromatic N) is 2. The van der Waals surface area contributed by atoms with Gasteiger partial charge in [0.1, 0.15) is 5.82 Å². The van der Waals surface area contributed by atoms with Gasteiger partial charge in [-0.1, -0.05) is 0 Å². The lowest BCUT2D eigenvalue weighted by atomic mass is 10.3. The van der Waals surface area contributed by atoms with Gasteiger partial charge in [-0.2, -0.15) is 5.10 Å². The minimum Gasteiger partial charge on any atom is -0.311 e. The summed E-state index contributed by atoms with van der Waals surface area (Å²) in [6.07, 6.45) is 4.02. The van der Waals surface area contributed by atoms with Crippen molar-refractivity contribution in [3.8, 4) is 0 Å². The second kappa shape index (κ2) is 2.83. The van der Waals surface area contributed by atoms with E-state index in [1.165, 1.54) is 12.8 Å². The molecule has 0 radical (unpaired) electrons. The van der Waals surface area contributed by atoms with Crippen LogP contribution >= 0.6 is 0 Å². The van der Waals surface area contributed by atoms with Gasteiger partial charge in [-0.3, -0.25) is 4.79 Å². The van der Waals surface area contributed by atoms with Gasteiger partial charge >= 0.3 is 0 Å². The fraction of sp³-hybridized carbons (Fsp3) is 0.600. The van der Waals surface area contributed by atoms with Gasteiger partial charge < -0.3 is 5.32 Å². The van der Waals surface area contributed by atoms with Crippen LogP contribution in [0.2, 0.25) is 0 Å². The van der Waals surface area contributed by atoms with Crippen molar-refractivity contribution in [2.24, 2.45) is 0 Å². The normalized spacial score (nSPS) is 21.3. The summed E-state index contributed by atoms with van der Waals surface area (Å²) in [5.74, 6) is 1.66. The van der Waals surface area contributed by atoms with Gasteiger partial charge in [-0.05, 0) is 19.3 Å². The van der Waals surface area contributed by atoms with Crippen LogP contribution < -0.4 is 5.32 Å². The van der Waals surface area contributed by atoms with Crippen molar-refractivity contribution < 1.29 is 4.79 Å². The average molecular weight is 191 g/mol. The lowest BCUT2D eigenvalue weighted by molar-refractivity contribution is -0.116. The molecule has 1 saturated carbocycles. The molecule has 1 aromatic rings. The summed E-state index contributed by atoms with van der Waals surface area (Å²) in [5.41, 5.74) is 1.15. The van der Waals surface area contributed by atoms with Crippen LogP contribution in [0.15, 0.2) is 6.07 Å². The highest BCUT2D eigenvalue weighted by Gasteiger charge is 2.28. The third-order valence-corrected chi connectivity index (χ3v) is 2.84. The van der Waals surface area contributed by atoms with E-state index in [2.05, 4.69) is 10.4 Å². The minimum atomic E-state index is 0.117. The van der Waals surface area contributed by atoms with Crippen LogP contribution in [0.1, 0.15) is 37.3 Å². The van der Waals surface area contributed by atoms with Crippen LogP contribution in [0.4, 0.5) is 5.82 Å². The van der Waals surface area contributed by atoms with E-state index in [0.29, 0.717) is 12.3 Å². The van der Waals surface area contributed by atoms with Crippen molar-refractivity contribution in [2.45, 2.75) is 38.1 Å². The first-order chi connectivity index (χ1) is 6.83. The molecular formula is C10H13N3O. The fourth-order valence-corrected chi connectivity index (χ4v) is 1.88. The van der Waals surface area contributed by atoms with Crippen molar-refractivity contribution in [1.82, 2.24) is 9.78 Å². The van der Waals surface area contributed by atoms with E-state index in [1.807, 2.05) is 10.7 Å². The highest BCUT2D eigenvalue weighted by molar-refractivity contribution is 5.90. The Balaban J connectivity index is 1.94. The molecule has 1 aliphatic carbocycles. The molecule has 1 aromatic heterocycles. The molecule has 1 amide bonds. The summed E-state index contributed by atoms with van der Waals surface area (Å²) in [4.78, 5) is 11.3. The van der Waals surface area contributed by atoms with Crippen LogP contribution in [0.25, 0.3) is 0 Å². The quantitative estimate of drug-likeness (QED) is 0.731. The summed E-state index contributed by atoms with van der Waals surface area (Å²) in [5, 5.41) is 7.40. The van der Waals surface area contributed by atoms with E-state index in [-0.39, 0.29) is 5.91 Å². The van der Waals surface area contributed by atoms with E-state index >= 15 is 0 Å². The number of aryl methyl sites for hydroxylation is 1. The lowest BCUT2D eigenvalue weighted by Gasteiger charge is -1.99. The maximum Gasteiger partial charge on any atom is 0.225 e. The third-order valence-electron chi connectivity index (χ3n) is 2.84. The van der Waals surface area contributed by atoms with Crippen molar-refractivity contribution >= 4 is 11.7 Å². The minimum absolute atomic E-state index is 0.117. The van der Waals surface area contributed by atoms with Crippen molar-refractivity contribution in [1.29, 1.82) is 0 Å². The molecule has 2 heterocycles. The number of nitrogens with one attached hydrogen (secondary N) is 1. The second-order valence-electron chi connectivity index (χ2n) is 4.10. The molecule has 0 unspecified atom stereocenters. The van der Waals surface area contributed by atoms with Crippen molar-refractivity contribution in [3.05, 3.63) is 11.8 Å². The number of carbonyl (C=O) groups excluding carboxylic acids is 1. The Morgan fingerprint density at radius 1 is 1.50 bits per heavy atom. The second-order valence-corrected chi connectivity index (χ2v) is 4.10. The molecule has 14 heavy (non-hydrogen) atoms. The molecule has 1 fully saturated rings. The summed E-state index contributed by atoms with van der Waals surface area (Å²) in [6, 6.07) is 2.03. The molecule has 4 heteroatoms. The van der Waals surface area contributed by atoms with Gasteiger partial charge in [0.15, 0.2) is 0 Å². The fourth-order valence-electron chi connectivity index (χ4n) is 1.88. The molecule has 1 N–H and O–H groups in total. The third kappa shape index (κ3) is 1.31. The Labute approximate surface area is 82.3 Å². The number of amides is 1. The molecule has 0 bridgehead atoms. The maximum atomic E-state index is 11.3. The monoisotopic (exact) mass is 191 g/mol. The number of carbonyl (C=O) groups is 1. The van der Waals surface area contributed by atoms with Gasteiger partial charge in [-0.25, -0.2) is 4.68 Å². The predicted octanol–water partition coefficient (Wildman–Crippen LogP) is 1.49. The number of rotatable bonds is 1. The first kappa shape index (κ1) is 8.03. The first-order valence-corrected chi connectivity index (χ1v) is 5.20. The number of hydrogen-bond acceptors (Lipinski definition) is 2. The molecule has 0 spiro atoms. The number of fused-ring (bicyclic) bond motifs is 1. The first-order valence-electron chi connectivity index (χ1n) is 5.20. The Morgan fingerprint density at radius 3 is 3.14 bits per heavy atom. The van der Waals surface area contributed by atoms with Crippen LogP contribution in [-0.4, -0.2) is 15.7 Å². The number of hydrogen-bond donors (Lipinski definition) is 1. The standard InChI is InChI=1S/C10H13N3O/c14-10-2-1-5-13-9(11-10)6-8(12-13)7-3-4-7/h6-7H,1-5H2,(H,11,14). The molecule has 0 saturated heterocycles. The van der Waals surface area contributed by atoms with E-state index in [9.17, 15) is 4.79 Å². The summed E-state index contributed by atoms with van der Waals surface area (Å²) >= 11 is 0. The highest BCUT2D eigenvalue weighted by Crippen LogP contribution is 2.40. The van der Waals surface area contributed by atoms with Crippen molar-refractivity contribution in [2.75, 3.05) is 5.32 Å². The van der Waals surface area contributed by atoms with Crippen LogP contribution in [0, 0.1) is 0 Å². The van der Waals surface area contributed by atoms with Gasteiger partial charge in [-0.15, -0.1) is 0 Å². The van der Waals surface area contributed by atoms with Crippen LogP contribution in [0.5, 0.6) is 0 Å². The molecule has 0 aromatic carbocycles. The van der Waals surface area contributed by atoms with Gasteiger partial charge in [0.2, 0.25) is 5.91 Å². The van der Waals surface area contributed by atoms with Crippen LogP contribution in [0.3, 0.4) is 0 Å². The Hall–Kier alpha value is -1.32. The van der Waals surface area contributed by atoms with Crippen molar-refractivity contribution in [3.63, 3.8) is 0 Å². The molecule has 74 valence electrons. The van der Waals surface area contributed by atoms with E-state index in [1.54, 1.807) is 0 Å². The van der Waals surface area contributed by atoms with Gasteiger partial charge in [0, 0.05) is 24.9 Å². The van der Waals surface area contributed by atoms with E-state index < -0.39 is 0 Å².